The van der Waals surface area contributed by atoms with E-state index in [-0.39, 0.29) is 12.3 Å². The zero-order chi connectivity index (χ0) is 16.0. The molecular formula is C11H13N3O6S. The van der Waals surface area contributed by atoms with Crippen molar-refractivity contribution >= 4 is 21.6 Å². The van der Waals surface area contributed by atoms with E-state index >= 15 is 0 Å². The Morgan fingerprint density at radius 3 is 2.71 bits per heavy atom. The number of carbonyl (C=O) groups is 1. The minimum absolute atomic E-state index is 0.227. The van der Waals surface area contributed by atoms with Crippen LogP contribution in [-0.2, 0) is 14.8 Å². The summed E-state index contributed by atoms with van der Waals surface area (Å²) in [5, 5.41) is 18.0. The van der Waals surface area contributed by atoms with Crippen molar-refractivity contribution in [1.29, 1.82) is 0 Å². The fourth-order valence-electron chi connectivity index (χ4n) is 1.33. The standard InChI is InChI=1S/C11H13N3O6S/c1-2-5-13-11(15)7-20-9-4-3-8(14(16)17)6-10(9)21(12,18)19/h2-4,6H,1,5,7H2,(H,13,15)(H2,12,18,19). The molecule has 0 saturated heterocycles. The van der Waals surface area contributed by atoms with E-state index in [0.29, 0.717) is 0 Å². The van der Waals surface area contributed by atoms with Crippen LogP contribution < -0.4 is 15.2 Å². The molecule has 0 aliphatic heterocycles. The van der Waals surface area contributed by atoms with Gasteiger partial charge in [-0.3, -0.25) is 14.9 Å². The van der Waals surface area contributed by atoms with Gasteiger partial charge >= 0.3 is 0 Å². The molecule has 0 unspecified atom stereocenters. The van der Waals surface area contributed by atoms with Crippen LogP contribution in [0.5, 0.6) is 5.75 Å². The van der Waals surface area contributed by atoms with Gasteiger partial charge in [0.15, 0.2) is 6.61 Å². The summed E-state index contributed by atoms with van der Waals surface area (Å²) in [7, 11) is -4.23. The average Bonchev–Trinajstić information content (AvgIpc) is 2.41. The van der Waals surface area contributed by atoms with E-state index in [1.54, 1.807) is 0 Å². The highest BCUT2D eigenvalue weighted by molar-refractivity contribution is 7.89. The van der Waals surface area contributed by atoms with Crippen LogP contribution in [0.3, 0.4) is 0 Å². The molecular weight excluding hydrogens is 302 g/mol. The van der Waals surface area contributed by atoms with Crippen molar-refractivity contribution in [2.24, 2.45) is 5.14 Å². The Morgan fingerprint density at radius 1 is 1.52 bits per heavy atom. The number of primary sulfonamides is 1. The van der Waals surface area contributed by atoms with E-state index in [1.165, 1.54) is 6.08 Å². The molecule has 0 aliphatic rings. The molecule has 9 nitrogen and oxygen atoms in total. The normalized spacial score (nSPS) is 10.7. The van der Waals surface area contributed by atoms with Crippen LogP contribution in [-0.4, -0.2) is 32.4 Å². The summed E-state index contributed by atoms with van der Waals surface area (Å²) in [5.41, 5.74) is -0.456. The van der Waals surface area contributed by atoms with Crippen molar-refractivity contribution in [2.45, 2.75) is 4.90 Å². The maximum atomic E-state index is 11.4. The van der Waals surface area contributed by atoms with Crippen LogP contribution in [0.25, 0.3) is 0 Å². The molecule has 0 atom stereocenters. The average molecular weight is 315 g/mol. The molecule has 0 aliphatic carbocycles. The molecule has 0 heterocycles. The summed E-state index contributed by atoms with van der Waals surface area (Å²) in [6, 6.07) is 2.89. The summed E-state index contributed by atoms with van der Waals surface area (Å²) in [6.07, 6.45) is 1.46. The first kappa shape index (κ1) is 16.6. The van der Waals surface area contributed by atoms with Crippen LogP contribution >= 0.6 is 0 Å². The smallest absolute Gasteiger partial charge is 0.271 e. The van der Waals surface area contributed by atoms with Gasteiger partial charge < -0.3 is 10.1 Å². The molecule has 0 saturated carbocycles. The first-order chi connectivity index (χ1) is 9.75. The number of nitro groups is 1. The lowest BCUT2D eigenvalue weighted by Gasteiger charge is -2.09. The van der Waals surface area contributed by atoms with Gasteiger partial charge in [0.1, 0.15) is 10.6 Å². The minimum atomic E-state index is -4.23. The van der Waals surface area contributed by atoms with Crippen LogP contribution in [0, 0.1) is 10.1 Å². The SMILES string of the molecule is C=CCNC(=O)COc1ccc([N+](=O)[O-])cc1S(N)(=O)=O. The lowest BCUT2D eigenvalue weighted by Crippen LogP contribution is -2.29. The molecule has 0 fully saturated rings. The largest absolute Gasteiger partial charge is 0.482 e. The third kappa shape index (κ3) is 4.85. The second-order valence-corrected chi connectivity index (χ2v) is 5.34. The van der Waals surface area contributed by atoms with Crippen molar-refractivity contribution in [3.05, 3.63) is 41.0 Å². The summed E-state index contributed by atoms with van der Waals surface area (Å²) in [5.74, 6) is -0.745. The number of nitrogens with zero attached hydrogens (tertiary/aromatic N) is 1. The number of benzene rings is 1. The summed E-state index contributed by atoms with van der Waals surface area (Å²) in [4.78, 5) is 20.6. The third-order valence-electron chi connectivity index (χ3n) is 2.25. The number of amides is 1. The molecule has 1 rings (SSSR count). The molecule has 0 radical (unpaired) electrons. The lowest BCUT2D eigenvalue weighted by atomic mass is 10.3. The second kappa shape index (κ2) is 6.81. The van der Waals surface area contributed by atoms with Crippen molar-refractivity contribution in [3.63, 3.8) is 0 Å². The van der Waals surface area contributed by atoms with Crippen molar-refractivity contribution in [3.8, 4) is 5.75 Å². The summed E-state index contributed by atoms with van der Waals surface area (Å²) >= 11 is 0. The first-order valence-corrected chi connectivity index (χ1v) is 7.12. The van der Waals surface area contributed by atoms with Crippen molar-refractivity contribution in [1.82, 2.24) is 5.32 Å². The van der Waals surface area contributed by atoms with Crippen LogP contribution in [0.15, 0.2) is 35.7 Å². The molecule has 3 N–H and O–H groups in total. The predicted octanol–water partition coefficient (Wildman–Crippen LogP) is -0.0768. The maximum Gasteiger partial charge on any atom is 0.271 e. The number of carbonyl (C=O) groups excluding carboxylic acids is 1. The van der Waals surface area contributed by atoms with Gasteiger partial charge in [-0.25, -0.2) is 13.6 Å². The molecule has 10 heteroatoms. The van der Waals surface area contributed by atoms with Gasteiger partial charge in [0.05, 0.1) is 4.92 Å². The number of hydrogen-bond donors (Lipinski definition) is 2. The summed E-state index contributed by atoms with van der Waals surface area (Å²) in [6.45, 7) is 3.17. The van der Waals surface area contributed by atoms with E-state index < -0.39 is 38.0 Å². The van der Waals surface area contributed by atoms with E-state index in [0.717, 1.165) is 18.2 Å². The Kier molecular flexibility index (Phi) is 5.38. The van der Waals surface area contributed by atoms with Crippen molar-refractivity contribution < 1.29 is 22.9 Å². The van der Waals surface area contributed by atoms with Gasteiger partial charge in [0, 0.05) is 18.7 Å². The molecule has 114 valence electrons. The Bertz CT molecular complexity index is 671. The highest BCUT2D eigenvalue weighted by Gasteiger charge is 2.20. The topological polar surface area (TPSA) is 142 Å². The monoisotopic (exact) mass is 315 g/mol. The van der Waals surface area contributed by atoms with Gasteiger partial charge in [0.25, 0.3) is 11.6 Å². The molecule has 0 aromatic heterocycles. The van der Waals surface area contributed by atoms with Crippen molar-refractivity contribution in [2.75, 3.05) is 13.2 Å². The number of non-ortho nitro benzene ring substituents is 1. The Balaban J connectivity index is 2.99. The quantitative estimate of drug-likeness (QED) is 0.409. The summed E-state index contributed by atoms with van der Waals surface area (Å²) < 4.78 is 27.8. The molecule has 0 spiro atoms. The van der Waals surface area contributed by atoms with Gasteiger partial charge in [-0.2, -0.15) is 0 Å². The van der Waals surface area contributed by atoms with E-state index in [9.17, 15) is 23.3 Å². The van der Waals surface area contributed by atoms with Gasteiger partial charge in [-0.1, -0.05) is 6.08 Å². The number of hydrogen-bond acceptors (Lipinski definition) is 6. The fourth-order valence-corrected chi connectivity index (χ4v) is 2.02. The Hall–Kier alpha value is -2.46. The first-order valence-electron chi connectivity index (χ1n) is 5.57. The van der Waals surface area contributed by atoms with Crippen LogP contribution in [0.4, 0.5) is 5.69 Å². The zero-order valence-electron chi connectivity index (χ0n) is 10.8. The number of ether oxygens (including phenoxy) is 1. The van der Waals surface area contributed by atoms with E-state index in [2.05, 4.69) is 11.9 Å². The number of nitrogens with one attached hydrogen (secondary N) is 1. The highest BCUT2D eigenvalue weighted by atomic mass is 32.2. The highest BCUT2D eigenvalue weighted by Crippen LogP contribution is 2.27. The van der Waals surface area contributed by atoms with Gasteiger partial charge in [-0.05, 0) is 6.07 Å². The number of nitro benzene ring substituents is 1. The van der Waals surface area contributed by atoms with Crippen LogP contribution in [0.1, 0.15) is 0 Å². The molecule has 1 aromatic rings. The third-order valence-corrected chi connectivity index (χ3v) is 3.18. The Morgan fingerprint density at radius 2 is 2.19 bits per heavy atom. The maximum absolute atomic E-state index is 11.4. The second-order valence-electron chi connectivity index (χ2n) is 3.81. The van der Waals surface area contributed by atoms with Crippen LogP contribution in [0.2, 0.25) is 0 Å². The molecule has 0 bridgehead atoms. The Labute approximate surface area is 120 Å². The molecule has 21 heavy (non-hydrogen) atoms. The van der Waals surface area contributed by atoms with Gasteiger partial charge in [0.2, 0.25) is 10.0 Å². The number of nitrogens with two attached hydrogens (primary N) is 1. The number of sulfonamides is 1. The lowest BCUT2D eigenvalue weighted by molar-refractivity contribution is -0.385. The van der Waals surface area contributed by atoms with E-state index in [4.69, 9.17) is 9.88 Å². The molecule has 1 amide bonds. The predicted molar refractivity (Wildman–Crippen MR) is 73.2 cm³/mol. The minimum Gasteiger partial charge on any atom is -0.482 e. The van der Waals surface area contributed by atoms with E-state index in [1.807, 2.05) is 0 Å². The zero-order valence-corrected chi connectivity index (χ0v) is 11.6. The molecule has 1 aromatic carbocycles. The fraction of sp³-hybridized carbons (Fsp3) is 0.182. The number of rotatable bonds is 7. The van der Waals surface area contributed by atoms with Gasteiger partial charge in [-0.15, -0.1) is 6.58 Å².